The Hall–Kier alpha value is -3.54. The van der Waals surface area contributed by atoms with Gasteiger partial charge < -0.3 is 4.74 Å². The van der Waals surface area contributed by atoms with Crippen LogP contribution in [-0.2, 0) is 19.1 Å². The van der Waals surface area contributed by atoms with E-state index in [9.17, 15) is 13.2 Å². The summed E-state index contributed by atoms with van der Waals surface area (Å²) in [4.78, 5) is 2.20. The summed E-state index contributed by atoms with van der Waals surface area (Å²) in [5, 5.41) is -0.236. The number of rotatable bonds is 12. The second-order valence-electron chi connectivity index (χ2n) is 11.1. The summed E-state index contributed by atoms with van der Waals surface area (Å²) < 4.78 is 47.3. The number of fused-ring (bicyclic) bond motifs is 1. The smallest absolute Gasteiger partial charge is 0.417 e. The quantitative estimate of drug-likeness (QED) is 0.149. The molecular weight excluding hydrogens is 567 g/mol. The van der Waals surface area contributed by atoms with Crippen LogP contribution in [0.5, 0.6) is 5.75 Å². The lowest BCUT2D eigenvalue weighted by Gasteiger charge is -2.29. The zero-order valence-corrected chi connectivity index (χ0v) is 25.1. The molecule has 0 aliphatic heterocycles. The van der Waals surface area contributed by atoms with Gasteiger partial charge in [-0.15, -0.1) is 0 Å². The third kappa shape index (κ3) is 7.90. The van der Waals surface area contributed by atoms with Gasteiger partial charge in [0, 0.05) is 31.1 Å². The van der Waals surface area contributed by atoms with Gasteiger partial charge in [-0.3, -0.25) is 4.90 Å². The molecule has 0 heterocycles. The highest BCUT2D eigenvalue weighted by atomic mass is 35.5. The minimum Gasteiger partial charge on any atom is -0.493 e. The molecule has 4 aromatic carbocycles. The predicted molar refractivity (Wildman–Crippen MR) is 170 cm³/mol. The van der Waals surface area contributed by atoms with Crippen LogP contribution < -0.4 is 4.74 Å². The summed E-state index contributed by atoms with van der Waals surface area (Å²) in [5.41, 5.74) is 4.42. The van der Waals surface area contributed by atoms with Crippen molar-refractivity contribution < 1.29 is 17.9 Å². The number of nitrogens with zero attached hydrogens (tertiary/aromatic N) is 1. The number of hydrogen-bond donors (Lipinski definition) is 0. The first-order chi connectivity index (χ1) is 20.8. The number of halogens is 4. The van der Waals surface area contributed by atoms with Crippen LogP contribution in [0.4, 0.5) is 13.2 Å². The van der Waals surface area contributed by atoms with E-state index in [1.165, 1.54) is 11.6 Å². The number of alkyl halides is 3. The number of ether oxygens (including phenoxy) is 1. The second-order valence-corrected chi connectivity index (χ2v) is 11.5. The maximum Gasteiger partial charge on any atom is 0.417 e. The Balaban J connectivity index is 1.36. The highest BCUT2D eigenvalue weighted by molar-refractivity contribution is 6.32. The average Bonchev–Trinajstić information content (AvgIpc) is 3.02. The first-order valence-corrected chi connectivity index (χ1v) is 15.3. The van der Waals surface area contributed by atoms with Gasteiger partial charge in [0.2, 0.25) is 0 Å². The van der Waals surface area contributed by atoms with Crippen molar-refractivity contribution in [3.63, 3.8) is 0 Å². The normalized spacial score (nSPS) is 14.7. The van der Waals surface area contributed by atoms with Crippen LogP contribution in [0, 0.1) is 5.92 Å². The van der Waals surface area contributed by atoms with Gasteiger partial charge in [0.25, 0.3) is 0 Å². The molecule has 0 saturated heterocycles. The van der Waals surface area contributed by atoms with Crippen LogP contribution in [0.25, 0.3) is 6.08 Å². The second kappa shape index (κ2) is 14.3. The van der Waals surface area contributed by atoms with Gasteiger partial charge in [-0.25, -0.2) is 0 Å². The molecule has 6 heteroatoms. The topological polar surface area (TPSA) is 12.5 Å². The van der Waals surface area contributed by atoms with Crippen LogP contribution in [-0.4, -0.2) is 24.6 Å². The van der Waals surface area contributed by atoms with Gasteiger partial charge in [-0.1, -0.05) is 116 Å². The van der Waals surface area contributed by atoms with Gasteiger partial charge in [-0.05, 0) is 59.6 Å². The fourth-order valence-corrected chi connectivity index (χ4v) is 6.14. The molecule has 1 atom stereocenters. The van der Waals surface area contributed by atoms with Crippen LogP contribution in [0.15, 0.2) is 103 Å². The molecule has 5 rings (SSSR count). The van der Waals surface area contributed by atoms with Crippen molar-refractivity contribution in [2.75, 3.05) is 19.7 Å². The molecule has 1 unspecified atom stereocenters. The van der Waals surface area contributed by atoms with Crippen molar-refractivity contribution >= 4 is 17.7 Å². The molecule has 224 valence electrons. The Morgan fingerprint density at radius 3 is 2.21 bits per heavy atom. The van der Waals surface area contributed by atoms with E-state index in [0.717, 1.165) is 41.3 Å². The van der Waals surface area contributed by atoms with Crippen molar-refractivity contribution in [1.82, 2.24) is 4.90 Å². The van der Waals surface area contributed by atoms with E-state index in [-0.39, 0.29) is 10.9 Å². The van der Waals surface area contributed by atoms with Crippen LogP contribution in [0.2, 0.25) is 5.02 Å². The SMILES string of the molecule is CCC1C=Cc2c(cccc2OCCCN(Cc2cccc(C(F)(F)F)c2Cl)CC(c2ccccc2)c2ccccc2)C1. The minimum atomic E-state index is -4.51. The Morgan fingerprint density at radius 1 is 0.884 bits per heavy atom. The summed E-state index contributed by atoms with van der Waals surface area (Å²) in [6, 6.07) is 30.9. The van der Waals surface area contributed by atoms with Crippen LogP contribution in [0.3, 0.4) is 0 Å². The molecule has 2 nitrogen and oxygen atoms in total. The third-order valence-corrected chi connectivity index (χ3v) is 8.64. The first-order valence-electron chi connectivity index (χ1n) is 14.9. The van der Waals surface area contributed by atoms with Crippen molar-refractivity contribution in [1.29, 1.82) is 0 Å². The summed E-state index contributed by atoms with van der Waals surface area (Å²) in [5.74, 6) is 1.47. The van der Waals surface area contributed by atoms with Crippen molar-refractivity contribution in [2.45, 2.75) is 44.8 Å². The average molecular weight is 604 g/mol. The fourth-order valence-electron chi connectivity index (χ4n) is 5.84. The van der Waals surface area contributed by atoms with Gasteiger partial charge >= 0.3 is 6.18 Å². The molecule has 0 aromatic heterocycles. The van der Waals surface area contributed by atoms with Gasteiger partial charge in [0.15, 0.2) is 0 Å². The van der Waals surface area contributed by atoms with Gasteiger partial charge in [-0.2, -0.15) is 13.2 Å². The molecule has 0 spiro atoms. The zero-order chi connectivity index (χ0) is 30.2. The Bertz CT molecular complexity index is 1460. The van der Waals surface area contributed by atoms with E-state index < -0.39 is 11.7 Å². The zero-order valence-electron chi connectivity index (χ0n) is 24.4. The number of allylic oxidation sites excluding steroid dienone is 1. The minimum absolute atomic E-state index is 0.0330. The number of hydrogen-bond acceptors (Lipinski definition) is 2. The maximum absolute atomic E-state index is 13.7. The Morgan fingerprint density at radius 2 is 1.56 bits per heavy atom. The lowest BCUT2D eigenvalue weighted by atomic mass is 9.88. The molecule has 1 aliphatic rings. The fraction of sp³-hybridized carbons (Fsp3) is 0.297. The van der Waals surface area contributed by atoms with Crippen molar-refractivity contribution in [2.24, 2.45) is 5.92 Å². The Labute approximate surface area is 257 Å². The highest BCUT2D eigenvalue weighted by Crippen LogP contribution is 2.37. The molecular formula is C37H37ClF3NO. The number of benzene rings is 4. The highest BCUT2D eigenvalue weighted by Gasteiger charge is 2.34. The summed E-state index contributed by atoms with van der Waals surface area (Å²) in [7, 11) is 0. The Kier molecular flexibility index (Phi) is 10.3. The van der Waals surface area contributed by atoms with Crippen LogP contribution in [0.1, 0.15) is 59.1 Å². The van der Waals surface area contributed by atoms with E-state index in [4.69, 9.17) is 16.3 Å². The molecule has 0 bridgehead atoms. The standard InChI is InChI=1S/C37H37ClF3NO/c1-2-27-20-21-32-30(24-27)16-10-19-35(32)43-23-11-22-42(25-31-17-9-18-34(36(31)38)37(39,40)41)26-33(28-12-5-3-6-13-28)29-14-7-4-8-15-29/h3-10,12-21,27,33H,2,11,22-26H2,1H3. The summed E-state index contributed by atoms with van der Waals surface area (Å²) in [6.07, 6.45) is 2.77. The molecule has 0 saturated carbocycles. The summed E-state index contributed by atoms with van der Waals surface area (Å²) >= 11 is 6.36. The molecule has 0 amide bonds. The lowest BCUT2D eigenvalue weighted by molar-refractivity contribution is -0.137. The van der Waals surface area contributed by atoms with E-state index in [0.29, 0.717) is 44.1 Å². The molecule has 0 N–H and O–H groups in total. The van der Waals surface area contributed by atoms with E-state index in [1.54, 1.807) is 6.07 Å². The third-order valence-electron chi connectivity index (χ3n) is 8.20. The molecule has 4 aromatic rings. The van der Waals surface area contributed by atoms with E-state index in [1.807, 2.05) is 48.5 Å². The van der Waals surface area contributed by atoms with E-state index in [2.05, 4.69) is 54.3 Å². The first kappa shape index (κ1) is 30.9. The van der Waals surface area contributed by atoms with Crippen LogP contribution >= 0.6 is 11.6 Å². The van der Waals surface area contributed by atoms with Crippen molar-refractivity contribution in [3.8, 4) is 5.75 Å². The summed E-state index contributed by atoms with van der Waals surface area (Å²) in [6.45, 7) is 4.24. The van der Waals surface area contributed by atoms with Gasteiger partial charge in [0.05, 0.1) is 17.2 Å². The maximum atomic E-state index is 13.7. The molecule has 0 radical (unpaired) electrons. The molecule has 43 heavy (non-hydrogen) atoms. The molecule has 0 fully saturated rings. The molecule has 1 aliphatic carbocycles. The lowest BCUT2D eigenvalue weighted by Crippen LogP contribution is -2.31. The monoisotopic (exact) mass is 603 g/mol. The predicted octanol–water partition coefficient (Wildman–Crippen LogP) is 10.1. The van der Waals surface area contributed by atoms with Crippen molar-refractivity contribution in [3.05, 3.63) is 142 Å². The van der Waals surface area contributed by atoms with Gasteiger partial charge in [0.1, 0.15) is 5.75 Å². The van der Waals surface area contributed by atoms with E-state index >= 15 is 0 Å². The largest absolute Gasteiger partial charge is 0.493 e.